The monoisotopic (exact) mass is 312 g/mol. The third-order valence-corrected chi connectivity index (χ3v) is 6.70. The van der Waals surface area contributed by atoms with Gasteiger partial charge in [0.25, 0.3) is 0 Å². The van der Waals surface area contributed by atoms with Gasteiger partial charge in [0, 0.05) is 28.3 Å². The van der Waals surface area contributed by atoms with E-state index >= 15 is 0 Å². The maximum atomic E-state index is 4.70. The summed E-state index contributed by atoms with van der Waals surface area (Å²) < 4.78 is 0. The molecule has 2 rings (SSSR count). The molecule has 0 saturated heterocycles. The highest BCUT2D eigenvalue weighted by atomic mass is 32.2. The molecule has 2 nitrogen and oxygen atoms in total. The van der Waals surface area contributed by atoms with Crippen molar-refractivity contribution in [1.82, 2.24) is 10.3 Å². The van der Waals surface area contributed by atoms with Gasteiger partial charge in [0.2, 0.25) is 0 Å². The minimum absolute atomic E-state index is 0.580. The number of likely N-dealkylation sites (N-methyl/N-ethyl adjacent to an activating group) is 1. The van der Waals surface area contributed by atoms with Crippen LogP contribution in [-0.2, 0) is 6.42 Å². The Labute approximate surface area is 132 Å². The number of aromatic nitrogens is 1. The Morgan fingerprint density at radius 3 is 2.65 bits per heavy atom. The molecule has 0 aliphatic heterocycles. The highest BCUT2D eigenvalue weighted by molar-refractivity contribution is 7.99. The third-order valence-electron chi connectivity index (χ3n) is 4.07. The molecule has 20 heavy (non-hydrogen) atoms. The van der Waals surface area contributed by atoms with E-state index in [4.69, 9.17) is 4.98 Å². The van der Waals surface area contributed by atoms with E-state index in [1.165, 1.54) is 53.4 Å². The topological polar surface area (TPSA) is 24.9 Å². The number of nitrogens with one attached hydrogen (secondary N) is 1. The van der Waals surface area contributed by atoms with Gasteiger partial charge in [0.1, 0.15) is 0 Å². The minimum Gasteiger partial charge on any atom is -0.313 e. The Bertz CT molecular complexity index is 378. The molecule has 1 atom stereocenters. The molecule has 0 amide bonds. The van der Waals surface area contributed by atoms with Crippen molar-refractivity contribution in [2.75, 3.05) is 12.3 Å². The fourth-order valence-corrected chi connectivity index (χ4v) is 5.22. The van der Waals surface area contributed by atoms with E-state index in [-0.39, 0.29) is 0 Å². The van der Waals surface area contributed by atoms with Gasteiger partial charge in [-0.2, -0.15) is 11.8 Å². The second-order valence-electron chi connectivity index (χ2n) is 5.80. The molecule has 1 N–H and O–H groups in total. The molecule has 1 fully saturated rings. The Kier molecular flexibility index (Phi) is 6.85. The summed E-state index contributed by atoms with van der Waals surface area (Å²) in [6.45, 7) is 7.56. The fourth-order valence-electron chi connectivity index (χ4n) is 2.80. The average molecular weight is 313 g/mol. The first kappa shape index (κ1) is 16.3. The predicted molar refractivity (Wildman–Crippen MR) is 92.1 cm³/mol. The van der Waals surface area contributed by atoms with Crippen molar-refractivity contribution in [2.45, 2.75) is 70.6 Å². The normalized spacial score (nSPS) is 18.4. The van der Waals surface area contributed by atoms with Crippen LogP contribution in [0.1, 0.15) is 54.6 Å². The third kappa shape index (κ3) is 5.05. The maximum Gasteiger partial charge on any atom is 0.0946 e. The van der Waals surface area contributed by atoms with Gasteiger partial charge in [0.05, 0.1) is 10.7 Å². The van der Waals surface area contributed by atoms with Crippen molar-refractivity contribution in [3.63, 3.8) is 0 Å². The molecule has 1 aliphatic carbocycles. The highest BCUT2D eigenvalue weighted by Gasteiger charge is 2.17. The summed E-state index contributed by atoms with van der Waals surface area (Å²) in [5.41, 5.74) is 1.21. The van der Waals surface area contributed by atoms with E-state index in [0.717, 1.165) is 18.2 Å². The largest absolute Gasteiger partial charge is 0.313 e. The van der Waals surface area contributed by atoms with Gasteiger partial charge < -0.3 is 5.32 Å². The molecule has 1 heterocycles. The molecular formula is C16H28N2S2. The molecule has 0 spiro atoms. The van der Waals surface area contributed by atoms with Crippen molar-refractivity contribution in [2.24, 2.45) is 0 Å². The average Bonchev–Trinajstić information content (AvgIpc) is 2.76. The number of thiazole rings is 1. The lowest BCUT2D eigenvalue weighted by atomic mass is 10.0. The molecule has 1 unspecified atom stereocenters. The minimum atomic E-state index is 0.580. The van der Waals surface area contributed by atoms with Gasteiger partial charge in [-0.05, 0) is 33.2 Å². The molecule has 0 bridgehead atoms. The first-order valence-corrected chi connectivity index (χ1v) is 9.83. The van der Waals surface area contributed by atoms with Crippen LogP contribution in [0.15, 0.2) is 0 Å². The van der Waals surface area contributed by atoms with Crippen LogP contribution in [0.25, 0.3) is 0 Å². The standard InChI is InChI=1S/C16H28N2S2/c1-4-17-14(10-16-18-12(2)13(3)20-16)11-19-15-8-6-5-7-9-15/h14-15,17H,4-11H2,1-3H3. The molecule has 0 radical (unpaired) electrons. The van der Waals surface area contributed by atoms with Gasteiger partial charge in [-0.1, -0.05) is 26.2 Å². The van der Waals surface area contributed by atoms with Gasteiger partial charge in [-0.15, -0.1) is 11.3 Å². The SMILES string of the molecule is CCNC(CSC1CCCCC1)Cc1nc(C)c(C)s1. The fraction of sp³-hybridized carbons (Fsp3) is 0.812. The molecular weight excluding hydrogens is 284 g/mol. The Balaban J connectivity index is 1.82. The zero-order valence-corrected chi connectivity index (χ0v) is 14.7. The summed E-state index contributed by atoms with van der Waals surface area (Å²) >= 11 is 4.06. The predicted octanol–water partition coefficient (Wildman–Crippen LogP) is 4.35. The second kappa shape index (κ2) is 8.40. The summed E-state index contributed by atoms with van der Waals surface area (Å²) in [5.74, 6) is 1.23. The molecule has 0 aromatic carbocycles. The van der Waals surface area contributed by atoms with Crippen molar-refractivity contribution in [3.8, 4) is 0 Å². The van der Waals surface area contributed by atoms with Crippen LogP contribution in [0.5, 0.6) is 0 Å². The van der Waals surface area contributed by atoms with E-state index in [1.807, 2.05) is 11.3 Å². The van der Waals surface area contributed by atoms with E-state index in [1.54, 1.807) is 0 Å². The Morgan fingerprint density at radius 2 is 2.05 bits per heavy atom. The maximum absolute atomic E-state index is 4.70. The summed E-state index contributed by atoms with van der Waals surface area (Å²) in [4.78, 5) is 6.07. The van der Waals surface area contributed by atoms with Crippen LogP contribution < -0.4 is 5.32 Å². The van der Waals surface area contributed by atoms with Crippen molar-refractivity contribution in [3.05, 3.63) is 15.6 Å². The van der Waals surface area contributed by atoms with Crippen LogP contribution >= 0.6 is 23.1 Å². The van der Waals surface area contributed by atoms with Gasteiger partial charge in [-0.3, -0.25) is 0 Å². The first-order valence-electron chi connectivity index (χ1n) is 7.97. The number of thioether (sulfide) groups is 1. The molecule has 1 aromatic heterocycles. The summed E-state index contributed by atoms with van der Waals surface area (Å²) in [5, 5.41) is 5.85. The molecule has 114 valence electrons. The zero-order chi connectivity index (χ0) is 14.4. The van der Waals surface area contributed by atoms with E-state index < -0.39 is 0 Å². The number of hydrogen-bond acceptors (Lipinski definition) is 4. The quantitative estimate of drug-likeness (QED) is 0.810. The van der Waals surface area contributed by atoms with E-state index in [9.17, 15) is 0 Å². The lowest BCUT2D eigenvalue weighted by molar-refractivity contribution is 0.513. The summed E-state index contributed by atoms with van der Waals surface area (Å²) in [6.07, 6.45) is 8.28. The van der Waals surface area contributed by atoms with Gasteiger partial charge >= 0.3 is 0 Å². The van der Waals surface area contributed by atoms with Crippen LogP contribution in [0.3, 0.4) is 0 Å². The van der Waals surface area contributed by atoms with Gasteiger partial charge in [0.15, 0.2) is 0 Å². The van der Waals surface area contributed by atoms with Crippen molar-refractivity contribution >= 4 is 23.1 Å². The number of rotatable bonds is 7. The second-order valence-corrected chi connectivity index (χ2v) is 8.42. The highest BCUT2D eigenvalue weighted by Crippen LogP contribution is 2.29. The first-order chi connectivity index (χ1) is 9.69. The smallest absolute Gasteiger partial charge is 0.0946 e. The van der Waals surface area contributed by atoms with Crippen LogP contribution in [0.2, 0.25) is 0 Å². The number of aryl methyl sites for hydroxylation is 2. The number of hydrogen-bond donors (Lipinski definition) is 1. The Morgan fingerprint density at radius 1 is 1.30 bits per heavy atom. The van der Waals surface area contributed by atoms with Crippen LogP contribution in [-0.4, -0.2) is 28.6 Å². The zero-order valence-electron chi connectivity index (χ0n) is 13.1. The van der Waals surface area contributed by atoms with Gasteiger partial charge in [-0.25, -0.2) is 4.98 Å². The summed E-state index contributed by atoms with van der Waals surface area (Å²) in [7, 11) is 0. The van der Waals surface area contributed by atoms with E-state index in [2.05, 4.69) is 37.8 Å². The molecule has 1 aromatic rings. The Hall–Kier alpha value is -0.0600. The molecule has 1 saturated carbocycles. The van der Waals surface area contributed by atoms with Crippen LogP contribution in [0.4, 0.5) is 0 Å². The molecule has 4 heteroatoms. The lowest BCUT2D eigenvalue weighted by Gasteiger charge is -2.24. The summed E-state index contributed by atoms with van der Waals surface area (Å²) in [6, 6.07) is 0.580. The lowest BCUT2D eigenvalue weighted by Crippen LogP contribution is -2.34. The van der Waals surface area contributed by atoms with E-state index in [0.29, 0.717) is 6.04 Å². The molecule has 1 aliphatic rings. The van der Waals surface area contributed by atoms with Crippen molar-refractivity contribution < 1.29 is 0 Å². The number of nitrogens with zero attached hydrogens (tertiary/aromatic N) is 1. The van der Waals surface area contributed by atoms with Crippen molar-refractivity contribution in [1.29, 1.82) is 0 Å². The van der Waals surface area contributed by atoms with Crippen LogP contribution in [0, 0.1) is 13.8 Å².